The second-order valence-corrected chi connectivity index (χ2v) is 4.88. The Morgan fingerprint density at radius 3 is 2.69 bits per heavy atom. The van der Waals surface area contributed by atoms with Crippen molar-refractivity contribution in [3.63, 3.8) is 0 Å². The SMILES string of the molecule is C=C(Br)CNC(=O)C(C)(N)C1CC1. The van der Waals surface area contributed by atoms with E-state index in [1.807, 2.05) is 0 Å². The Hall–Kier alpha value is -0.350. The first-order chi connectivity index (χ1) is 5.94. The third-order valence-corrected chi connectivity index (χ3v) is 2.64. The number of nitrogens with two attached hydrogens (primary N) is 1. The maximum absolute atomic E-state index is 11.6. The quantitative estimate of drug-likeness (QED) is 0.782. The minimum absolute atomic E-state index is 0.0874. The molecule has 3 nitrogen and oxygen atoms in total. The molecule has 1 aliphatic rings. The van der Waals surface area contributed by atoms with E-state index < -0.39 is 5.54 Å². The molecule has 1 atom stereocenters. The van der Waals surface area contributed by atoms with Crippen LogP contribution >= 0.6 is 15.9 Å². The van der Waals surface area contributed by atoms with Gasteiger partial charge in [-0.05, 0) is 25.7 Å². The number of rotatable bonds is 4. The van der Waals surface area contributed by atoms with Crippen LogP contribution in [0.5, 0.6) is 0 Å². The van der Waals surface area contributed by atoms with E-state index in [1.165, 1.54) is 0 Å². The molecule has 3 N–H and O–H groups in total. The lowest BCUT2D eigenvalue weighted by Crippen LogP contribution is -2.53. The molecule has 0 heterocycles. The lowest BCUT2D eigenvalue weighted by atomic mass is 9.96. The van der Waals surface area contributed by atoms with Crippen molar-refractivity contribution in [3.05, 3.63) is 11.1 Å². The van der Waals surface area contributed by atoms with Crippen molar-refractivity contribution in [2.45, 2.75) is 25.3 Å². The van der Waals surface area contributed by atoms with Gasteiger partial charge in [-0.15, -0.1) is 0 Å². The fourth-order valence-electron chi connectivity index (χ4n) is 1.24. The van der Waals surface area contributed by atoms with Crippen molar-refractivity contribution >= 4 is 21.8 Å². The van der Waals surface area contributed by atoms with Crippen molar-refractivity contribution in [1.29, 1.82) is 0 Å². The van der Waals surface area contributed by atoms with Crippen molar-refractivity contribution in [2.75, 3.05) is 6.54 Å². The van der Waals surface area contributed by atoms with Gasteiger partial charge in [0.1, 0.15) is 0 Å². The number of halogens is 1. The molecule has 74 valence electrons. The van der Waals surface area contributed by atoms with Gasteiger partial charge in [0.15, 0.2) is 0 Å². The average Bonchev–Trinajstić information content (AvgIpc) is 2.81. The van der Waals surface area contributed by atoms with Crippen LogP contribution in [0.1, 0.15) is 19.8 Å². The number of amides is 1. The molecule has 1 rings (SSSR count). The van der Waals surface area contributed by atoms with Crippen LogP contribution in [0.2, 0.25) is 0 Å². The second-order valence-electron chi connectivity index (χ2n) is 3.76. The molecule has 1 unspecified atom stereocenters. The van der Waals surface area contributed by atoms with Crippen LogP contribution in [-0.2, 0) is 4.79 Å². The minimum Gasteiger partial charge on any atom is -0.350 e. The lowest BCUT2D eigenvalue weighted by Gasteiger charge is -2.22. The highest BCUT2D eigenvalue weighted by Crippen LogP contribution is 2.38. The number of carbonyl (C=O) groups excluding carboxylic acids is 1. The Kier molecular flexibility index (Phi) is 3.14. The van der Waals surface area contributed by atoms with Crippen LogP contribution < -0.4 is 11.1 Å². The molecule has 1 fully saturated rings. The smallest absolute Gasteiger partial charge is 0.240 e. The molecule has 0 aliphatic heterocycles. The Labute approximate surface area is 86.9 Å². The monoisotopic (exact) mass is 246 g/mol. The van der Waals surface area contributed by atoms with E-state index >= 15 is 0 Å². The van der Waals surface area contributed by atoms with Crippen LogP contribution in [0.25, 0.3) is 0 Å². The van der Waals surface area contributed by atoms with Gasteiger partial charge in [-0.1, -0.05) is 22.5 Å². The summed E-state index contributed by atoms with van der Waals surface area (Å²) in [6.45, 7) is 5.86. The highest BCUT2D eigenvalue weighted by molar-refractivity contribution is 9.11. The van der Waals surface area contributed by atoms with Gasteiger partial charge in [0.2, 0.25) is 5.91 Å². The Morgan fingerprint density at radius 2 is 2.31 bits per heavy atom. The van der Waals surface area contributed by atoms with Gasteiger partial charge in [-0.3, -0.25) is 4.79 Å². The number of hydrogen-bond acceptors (Lipinski definition) is 2. The van der Waals surface area contributed by atoms with Crippen molar-refractivity contribution in [1.82, 2.24) is 5.32 Å². The highest BCUT2D eigenvalue weighted by atomic mass is 79.9. The summed E-state index contributed by atoms with van der Waals surface area (Å²) in [5, 5.41) is 2.73. The molecular formula is C9H15BrN2O. The predicted molar refractivity (Wildman–Crippen MR) is 56.4 cm³/mol. The van der Waals surface area contributed by atoms with E-state index in [0.717, 1.165) is 17.3 Å². The molecule has 0 saturated heterocycles. The standard InChI is InChI=1S/C9H15BrN2O/c1-6(10)5-12-8(13)9(2,11)7-3-4-7/h7H,1,3-5,11H2,2H3,(H,12,13). The fourth-order valence-corrected chi connectivity index (χ4v) is 1.38. The largest absolute Gasteiger partial charge is 0.350 e. The van der Waals surface area contributed by atoms with Crippen LogP contribution in [0.3, 0.4) is 0 Å². The molecule has 0 spiro atoms. The van der Waals surface area contributed by atoms with E-state index in [9.17, 15) is 4.79 Å². The zero-order valence-corrected chi connectivity index (χ0v) is 9.36. The van der Waals surface area contributed by atoms with Gasteiger partial charge in [-0.2, -0.15) is 0 Å². The van der Waals surface area contributed by atoms with Crippen molar-refractivity contribution < 1.29 is 4.79 Å². The normalized spacial score (nSPS) is 20.5. The molecule has 0 radical (unpaired) electrons. The molecule has 0 aromatic heterocycles. The molecule has 0 aromatic rings. The van der Waals surface area contributed by atoms with E-state index in [4.69, 9.17) is 5.73 Å². The van der Waals surface area contributed by atoms with Gasteiger partial charge in [0.05, 0.1) is 5.54 Å². The predicted octanol–water partition coefficient (Wildman–Crippen LogP) is 1.14. The van der Waals surface area contributed by atoms with Gasteiger partial charge in [-0.25, -0.2) is 0 Å². The summed E-state index contributed by atoms with van der Waals surface area (Å²) in [5.74, 6) is 0.270. The molecule has 13 heavy (non-hydrogen) atoms. The highest BCUT2D eigenvalue weighted by Gasteiger charge is 2.43. The molecule has 1 saturated carbocycles. The van der Waals surface area contributed by atoms with Gasteiger partial charge in [0.25, 0.3) is 0 Å². The van der Waals surface area contributed by atoms with Crippen LogP contribution in [0.15, 0.2) is 11.1 Å². The van der Waals surface area contributed by atoms with E-state index in [-0.39, 0.29) is 5.91 Å². The Balaban J connectivity index is 2.41. The zero-order valence-electron chi connectivity index (χ0n) is 7.77. The summed E-state index contributed by atoms with van der Waals surface area (Å²) in [4.78, 5) is 11.6. The Bertz CT molecular complexity index is 234. The maximum atomic E-state index is 11.6. The number of nitrogens with one attached hydrogen (secondary N) is 1. The minimum atomic E-state index is -0.706. The van der Waals surface area contributed by atoms with Crippen LogP contribution in [-0.4, -0.2) is 18.0 Å². The number of hydrogen-bond donors (Lipinski definition) is 2. The topological polar surface area (TPSA) is 55.1 Å². The maximum Gasteiger partial charge on any atom is 0.240 e. The van der Waals surface area contributed by atoms with E-state index in [0.29, 0.717) is 12.5 Å². The summed E-state index contributed by atoms with van der Waals surface area (Å²) >= 11 is 3.17. The van der Waals surface area contributed by atoms with Gasteiger partial charge < -0.3 is 11.1 Å². The lowest BCUT2D eigenvalue weighted by molar-refractivity contribution is -0.126. The van der Waals surface area contributed by atoms with Crippen molar-refractivity contribution in [3.8, 4) is 0 Å². The van der Waals surface area contributed by atoms with Crippen LogP contribution in [0.4, 0.5) is 0 Å². The van der Waals surface area contributed by atoms with Crippen LogP contribution in [0, 0.1) is 5.92 Å². The molecule has 1 aliphatic carbocycles. The fraction of sp³-hybridized carbons (Fsp3) is 0.667. The molecule has 0 bridgehead atoms. The first-order valence-electron chi connectivity index (χ1n) is 4.35. The van der Waals surface area contributed by atoms with E-state index in [1.54, 1.807) is 6.92 Å². The van der Waals surface area contributed by atoms with Gasteiger partial charge >= 0.3 is 0 Å². The third-order valence-electron chi connectivity index (χ3n) is 2.36. The molecule has 1 amide bonds. The summed E-state index contributed by atoms with van der Waals surface area (Å²) in [5.41, 5.74) is 5.19. The number of carbonyl (C=O) groups is 1. The van der Waals surface area contributed by atoms with Crippen molar-refractivity contribution in [2.24, 2.45) is 11.7 Å². The summed E-state index contributed by atoms with van der Waals surface area (Å²) in [6.07, 6.45) is 2.13. The zero-order chi connectivity index (χ0) is 10.1. The summed E-state index contributed by atoms with van der Waals surface area (Å²) in [7, 11) is 0. The molecule has 0 aromatic carbocycles. The summed E-state index contributed by atoms with van der Waals surface area (Å²) < 4.78 is 0.757. The molecule has 4 heteroatoms. The second kappa shape index (κ2) is 3.80. The first-order valence-corrected chi connectivity index (χ1v) is 5.14. The Morgan fingerprint density at radius 1 is 1.77 bits per heavy atom. The van der Waals surface area contributed by atoms with Gasteiger partial charge in [0, 0.05) is 11.0 Å². The van der Waals surface area contributed by atoms with E-state index in [2.05, 4.69) is 27.8 Å². The average molecular weight is 247 g/mol. The third kappa shape index (κ3) is 2.81. The first kappa shape index (κ1) is 10.7. The summed E-state index contributed by atoms with van der Waals surface area (Å²) in [6, 6.07) is 0. The molecular weight excluding hydrogens is 232 g/mol.